The molecule has 0 heterocycles. The summed E-state index contributed by atoms with van der Waals surface area (Å²) in [7, 11) is 1.51. The van der Waals surface area contributed by atoms with E-state index >= 15 is 0 Å². The van der Waals surface area contributed by atoms with E-state index in [1.165, 1.54) is 31.4 Å². The number of hydrogen-bond acceptors (Lipinski definition) is 5. The predicted molar refractivity (Wildman–Crippen MR) is 78.8 cm³/mol. The largest absolute Gasteiger partial charge is 0.497 e. The van der Waals surface area contributed by atoms with Crippen LogP contribution < -0.4 is 4.74 Å². The molecule has 110 valence electrons. The molecule has 0 atom stereocenters. The molecule has 0 spiro atoms. The molecule has 0 radical (unpaired) electrons. The minimum Gasteiger partial charge on any atom is -0.497 e. The number of Topliss-reactive ketones (excluding diaryl/α,β-unsaturated/α-hetero) is 1. The Balaban J connectivity index is 1.97. The van der Waals surface area contributed by atoms with E-state index < -0.39 is 5.97 Å². The van der Waals surface area contributed by atoms with E-state index in [1.807, 2.05) is 6.07 Å². The predicted octanol–water partition coefficient (Wildman–Crippen LogP) is 2.61. The van der Waals surface area contributed by atoms with Gasteiger partial charge in [-0.05, 0) is 36.4 Å². The van der Waals surface area contributed by atoms with E-state index in [1.54, 1.807) is 24.3 Å². The summed E-state index contributed by atoms with van der Waals surface area (Å²) in [6, 6.07) is 14.6. The average Bonchev–Trinajstić information content (AvgIpc) is 2.59. The number of hydrogen-bond donors (Lipinski definition) is 0. The van der Waals surface area contributed by atoms with Crippen LogP contribution in [0.25, 0.3) is 0 Å². The Morgan fingerprint density at radius 2 is 1.82 bits per heavy atom. The van der Waals surface area contributed by atoms with Gasteiger partial charge in [0, 0.05) is 5.56 Å². The monoisotopic (exact) mass is 295 g/mol. The molecule has 22 heavy (non-hydrogen) atoms. The number of benzene rings is 2. The summed E-state index contributed by atoms with van der Waals surface area (Å²) >= 11 is 0. The molecular weight excluding hydrogens is 282 g/mol. The molecule has 2 aromatic rings. The number of methoxy groups -OCH3 is 1. The number of carbonyl (C=O) groups is 2. The van der Waals surface area contributed by atoms with Crippen LogP contribution in [-0.4, -0.2) is 25.5 Å². The van der Waals surface area contributed by atoms with Crippen molar-refractivity contribution in [3.05, 3.63) is 65.2 Å². The average molecular weight is 295 g/mol. The molecule has 0 amide bonds. The van der Waals surface area contributed by atoms with Gasteiger partial charge in [0.05, 0.1) is 24.3 Å². The topological polar surface area (TPSA) is 76.4 Å². The van der Waals surface area contributed by atoms with Crippen molar-refractivity contribution in [3.8, 4) is 11.8 Å². The zero-order valence-electron chi connectivity index (χ0n) is 11.9. The molecule has 0 N–H and O–H groups in total. The Labute approximate surface area is 127 Å². The molecule has 5 heteroatoms. The second-order valence-electron chi connectivity index (χ2n) is 4.42. The van der Waals surface area contributed by atoms with Crippen LogP contribution in [0.5, 0.6) is 5.75 Å². The third kappa shape index (κ3) is 3.70. The molecule has 0 saturated carbocycles. The fourth-order valence-corrected chi connectivity index (χ4v) is 1.78. The van der Waals surface area contributed by atoms with Gasteiger partial charge in [-0.1, -0.05) is 12.1 Å². The molecule has 0 bridgehead atoms. The third-order valence-electron chi connectivity index (χ3n) is 2.98. The van der Waals surface area contributed by atoms with E-state index in [-0.39, 0.29) is 18.0 Å². The zero-order chi connectivity index (χ0) is 15.9. The molecule has 2 aromatic carbocycles. The van der Waals surface area contributed by atoms with Gasteiger partial charge in [0.25, 0.3) is 0 Å². The number of esters is 1. The van der Waals surface area contributed by atoms with Crippen LogP contribution in [0.4, 0.5) is 0 Å². The molecule has 0 aliphatic heterocycles. The standard InChI is InChI=1S/C17H13NO4/c1-21-15-4-2-3-14(9-15)16(19)11-22-17(20)13-7-5-12(10-18)6-8-13/h2-9H,11H2,1H3. The number of nitriles is 1. The quantitative estimate of drug-likeness (QED) is 0.626. The molecule has 0 fully saturated rings. The minimum absolute atomic E-state index is 0.289. The fraction of sp³-hybridized carbons (Fsp3) is 0.118. The Morgan fingerprint density at radius 3 is 2.45 bits per heavy atom. The van der Waals surface area contributed by atoms with Crippen molar-refractivity contribution in [3.63, 3.8) is 0 Å². The number of ketones is 1. The summed E-state index contributed by atoms with van der Waals surface area (Å²) in [5.41, 5.74) is 1.15. The van der Waals surface area contributed by atoms with Gasteiger partial charge in [0.1, 0.15) is 5.75 Å². The molecular formula is C17H13NO4. The van der Waals surface area contributed by atoms with Gasteiger partial charge in [-0.3, -0.25) is 4.79 Å². The second kappa shape index (κ2) is 7.04. The lowest BCUT2D eigenvalue weighted by Gasteiger charge is -2.06. The highest BCUT2D eigenvalue weighted by atomic mass is 16.5. The summed E-state index contributed by atoms with van der Waals surface area (Å²) in [5, 5.41) is 8.69. The number of nitrogens with zero attached hydrogens (tertiary/aromatic N) is 1. The number of carbonyl (C=O) groups excluding carboxylic acids is 2. The van der Waals surface area contributed by atoms with E-state index in [2.05, 4.69) is 0 Å². The molecule has 0 unspecified atom stereocenters. The van der Waals surface area contributed by atoms with Gasteiger partial charge in [-0.25, -0.2) is 4.79 Å². The van der Waals surface area contributed by atoms with Crippen molar-refractivity contribution in [1.29, 1.82) is 5.26 Å². The van der Waals surface area contributed by atoms with Crippen molar-refractivity contribution in [2.45, 2.75) is 0 Å². The highest BCUT2D eigenvalue weighted by molar-refractivity contribution is 5.99. The highest BCUT2D eigenvalue weighted by Crippen LogP contribution is 2.13. The summed E-state index contributed by atoms with van der Waals surface area (Å²) in [6.45, 7) is -0.355. The van der Waals surface area contributed by atoms with E-state index in [9.17, 15) is 9.59 Å². The first-order chi connectivity index (χ1) is 10.6. The fourth-order valence-electron chi connectivity index (χ4n) is 1.78. The summed E-state index contributed by atoms with van der Waals surface area (Å²) in [4.78, 5) is 23.8. The zero-order valence-corrected chi connectivity index (χ0v) is 11.9. The van der Waals surface area contributed by atoms with Crippen molar-refractivity contribution in [2.24, 2.45) is 0 Å². The number of ether oxygens (including phenoxy) is 2. The van der Waals surface area contributed by atoms with Crippen molar-refractivity contribution >= 4 is 11.8 Å². The Morgan fingerprint density at radius 1 is 1.09 bits per heavy atom. The summed E-state index contributed by atoms with van der Waals surface area (Å²) < 4.78 is 10.0. The molecule has 0 aliphatic carbocycles. The Bertz CT molecular complexity index is 729. The molecule has 0 aromatic heterocycles. The van der Waals surface area contributed by atoms with Crippen LogP contribution in [0, 0.1) is 11.3 Å². The molecule has 5 nitrogen and oxygen atoms in total. The van der Waals surface area contributed by atoms with Crippen LogP contribution in [0.3, 0.4) is 0 Å². The van der Waals surface area contributed by atoms with Crippen molar-refractivity contribution < 1.29 is 19.1 Å². The van der Waals surface area contributed by atoms with Gasteiger partial charge in [-0.15, -0.1) is 0 Å². The van der Waals surface area contributed by atoms with Crippen LogP contribution >= 0.6 is 0 Å². The SMILES string of the molecule is COc1cccc(C(=O)COC(=O)c2ccc(C#N)cc2)c1. The number of rotatable bonds is 5. The molecule has 0 aliphatic rings. The maximum atomic E-state index is 12.0. The summed E-state index contributed by atoms with van der Waals surface area (Å²) in [5.74, 6) is -0.370. The van der Waals surface area contributed by atoms with Crippen LogP contribution in [0.15, 0.2) is 48.5 Å². The highest BCUT2D eigenvalue weighted by Gasteiger charge is 2.12. The lowest BCUT2D eigenvalue weighted by Crippen LogP contribution is -2.14. The van der Waals surface area contributed by atoms with E-state index in [4.69, 9.17) is 14.7 Å². The van der Waals surface area contributed by atoms with Gasteiger partial charge >= 0.3 is 5.97 Å². The lowest BCUT2D eigenvalue weighted by molar-refractivity contribution is 0.0474. The summed E-state index contributed by atoms with van der Waals surface area (Å²) in [6.07, 6.45) is 0. The third-order valence-corrected chi connectivity index (χ3v) is 2.98. The van der Waals surface area contributed by atoms with Gasteiger partial charge < -0.3 is 9.47 Å². The van der Waals surface area contributed by atoms with Gasteiger partial charge in [0.2, 0.25) is 0 Å². The minimum atomic E-state index is -0.610. The maximum absolute atomic E-state index is 12.0. The first-order valence-corrected chi connectivity index (χ1v) is 6.48. The van der Waals surface area contributed by atoms with Crippen molar-refractivity contribution in [2.75, 3.05) is 13.7 Å². The lowest BCUT2D eigenvalue weighted by atomic mass is 10.1. The van der Waals surface area contributed by atoms with Gasteiger partial charge in [0.15, 0.2) is 12.4 Å². The Hall–Kier alpha value is -3.13. The first kappa shape index (κ1) is 15.3. The molecule has 0 saturated heterocycles. The van der Waals surface area contributed by atoms with Crippen LogP contribution in [0.1, 0.15) is 26.3 Å². The molecule has 2 rings (SSSR count). The van der Waals surface area contributed by atoms with Crippen LogP contribution in [-0.2, 0) is 4.74 Å². The van der Waals surface area contributed by atoms with E-state index in [0.29, 0.717) is 16.9 Å². The van der Waals surface area contributed by atoms with Gasteiger partial charge in [-0.2, -0.15) is 5.26 Å². The first-order valence-electron chi connectivity index (χ1n) is 6.48. The van der Waals surface area contributed by atoms with E-state index in [0.717, 1.165) is 0 Å². The van der Waals surface area contributed by atoms with Crippen LogP contribution in [0.2, 0.25) is 0 Å². The normalized spacial score (nSPS) is 9.64. The smallest absolute Gasteiger partial charge is 0.338 e. The Kier molecular flexibility index (Phi) is 4.89. The second-order valence-corrected chi connectivity index (χ2v) is 4.42. The maximum Gasteiger partial charge on any atom is 0.338 e. The van der Waals surface area contributed by atoms with Crippen molar-refractivity contribution in [1.82, 2.24) is 0 Å².